The van der Waals surface area contributed by atoms with Crippen LogP contribution in [0.1, 0.15) is 39.2 Å². The zero-order chi connectivity index (χ0) is 16.3. The van der Waals surface area contributed by atoms with Crippen LogP contribution < -0.4 is 0 Å². The van der Waals surface area contributed by atoms with E-state index in [0.717, 1.165) is 24.0 Å². The molecule has 0 aliphatic heterocycles. The van der Waals surface area contributed by atoms with Gasteiger partial charge in [-0.25, -0.2) is 0 Å². The number of carbonyl (C=O) groups is 1. The minimum atomic E-state index is -4.18. The monoisotopic (exact) mass is 320 g/mol. The fourth-order valence-electron chi connectivity index (χ4n) is 4.01. The van der Waals surface area contributed by atoms with Crippen LogP contribution in [0.3, 0.4) is 0 Å². The van der Waals surface area contributed by atoms with Crippen LogP contribution in [0.25, 0.3) is 6.08 Å². The summed E-state index contributed by atoms with van der Waals surface area (Å²) in [6, 6.07) is 5.94. The zero-order valence-electron chi connectivity index (χ0n) is 13.0. The van der Waals surface area contributed by atoms with Crippen LogP contribution in [-0.2, 0) is 14.9 Å². The molecule has 2 atom stereocenters. The molecule has 0 amide bonds. The summed E-state index contributed by atoms with van der Waals surface area (Å²) in [4.78, 5) is 12.6. The summed E-state index contributed by atoms with van der Waals surface area (Å²) >= 11 is 0. The average molecular weight is 320 g/mol. The van der Waals surface area contributed by atoms with Crippen LogP contribution >= 0.6 is 0 Å². The Morgan fingerprint density at radius 2 is 1.77 bits per heavy atom. The highest BCUT2D eigenvalue weighted by Gasteiger charge is 2.63. The van der Waals surface area contributed by atoms with Crippen LogP contribution in [-0.4, -0.2) is 18.8 Å². The van der Waals surface area contributed by atoms with Crippen molar-refractivity contribution >= 4 is 22.0 Å². The second-order valence-corrected chi connectivity index (χ2v) is 8.54. The SMILES string of the molecule is CC12CC[C@H](/C(=C\c3ccc(S(=O)(=O)O)cc3)C1=O)C2(C)C. The van der Waals surface area contributed by atoms with Crippen molar-refractivity contribution in [3.8, 4) is 0 Å². The van der Waals surface area contributed by atoms with E-state index in [4.69, 9.17) is 4.55 Å². The molecule has 3 rings (SSSR count). The number of ketones is 1. The Hall–Kier alpha value is -1.46. The van der Waals surface area contributed by atoms with Gasteiger partial charge in [0.25, 0.3) is 10.1 Å². The largest absolute Gasteiger partial charge is 0.294 e. The number of fused-ring (bicyclic) bond motifs is 2. The van der Waals surface area contributed by atoms with Crippen LogP contribution in [0, 0.1) is 16.7 Å². The summed E-state index contributed by atoms with van der Waals surface area (Å²) in [5, 5.41) is 0. The fourth-order valence-corrected chi connectivity index (χ4v) is 4.49. The molecule has 2 aliphatic rings. The van der Waals surface area contributed by atoms with Gasteiger partial charge in [0.2, 0.25) is 0 Å². The summed E-state index contributed by atoms with van der Waals surface area (Å²) in [5.74, 6) is 0.471. The van der Waals surface area contributed by atoms with E-state index < -0.39 is 10.1 Å². The van der Waals surface area contributed by atoms with Crippen molar-refractivity contribution in [1.29, 1.82) is 0 Å². The Morgan fingerprint density at radius 1 is 1.18 bits per heavy atom. The van der Waals surface area contributed by atoms with Crippen molar-refractivity contribution in [2.24, 2.45) is 16.7 Å². The number of carbonyl (C=O) groups excluding carboxylic acids is 1. The van der Waals surface area contributed by atoms with Gasteiger partial charge in [0.05, 0.1) is 4.90 Å². The number of allylic oxidation sites excluding steroid dienone is 1. The van der Waals surface area contributed by atoms with Crippen molar-refractivity contribution < 1.29 is 17.8 Å². The van der Waals surface area contributed by atoms with E-state index in [2.05, 4.69) is 20.8 Å². The second kappa shape index (κ2) is 4.52. The van der Waals surface area contributed by atoms with Gasteiger partial charge in [-0.1, -0.05) is 32.9 Å². The van der Waals surface area contributed by atoms with Crippen molar-refractivity contribution in [2.45, 2.75) is 38.5 Å². The Balaban J connectivity index is 1.99. The lowest BCUT2D eigenvalue weighted by atomic mass is 9.70. The fraction of sp³-hybridized carbons (Fsp3) is 0.471. The van der Waals surface area contributed by atoms with E-state index in [1.54, 1.807) is 12.1 Å². The third kappa shape index (κ3) is 1.99. The molecule has 1 N–H and O–H groups in total. The van der Waals surface area contributed by atoms with Gasteiger partial charge in [-0.05, 0) is 53.5 Å². The molecule has 22 heavy (non-hydrogen) atoms. The molecule has 0 spiro atoms. The second-order valence-electron chi connectivity index (χ2n) is 7.12. The van der Waals surface area contributed by atoms with Crippen LogP contribution in [0.5, 0.6) is 0 Å². The van der Waals surface area contributed by atoms with E-state index in [-0.39, 0.29) is 27.4 Å². The first kappa shape index (κ1) is 15.4. The van der Waals surface area contributed by atoms with Gasteiger partial charge in [-0.15, -0.1) is 0 Å². The van der Waals surface area contributed by atoms with E-state index >= 15 is 0 Å². The molecular formula is C17H20O4S. The van der Waals surface area contributed by atoms with Gasteiger partial charge in [-0.2, -0.15) is 8.42 Å². The minimum Gasteiger partial charge on any atom is -0.294 e. The first-order valence-electron chi connectivity index (χ1n) is 7.41. The first-order chi connectivity index (χ1) is 10.1. The van der Waals surface area contributed by atoms with E-state index in [0.29, 0.717) is 0 Å². The number of rotatable bonds is 2. The molecular weight excluding hydrogens is 300 g/mol. The van der Waals surface area contributed by atoms with Crippen molar-refractivity contribution in [2.75, 3.05) is 0 Å². The molecule has 2 saturated carbocycles. The lowest BCUT2D eigenvalue weighted by Gasteiger charge is -2.31. The number of Topliss-reactive ketones (excluding diaryl/α,β-unsaturated/α-hetero) is 1. The van der Waals surface area contributed by atoms with E-state index in [1.807, 2.05) is 6.08 Å². The predicted octanol–water partition coefficient (Wildman–Crippen LogP) is 3.34. The molecule has 1 aromatic carbocycles. The summed E-state index contributed by atoms with van der Waals surface area (Å²) in [7, 11) is -4.18. The maximum atomic E-state index is 12.7. The van der Waals surface area contributed by atoms with E-state index in [9.17, 15) is 13.2 Å². The Bertz CT molecular complexity index is 771. The van der Waals surface area contributed by atoms with Gasteiger partial charge >= 0.3 is 0 Å². The highest BCUT2D eigenvalue weighted by molar-refractivity contribution is 7.85. The quantitative estimate of drug-likeness (QED) is 0.670. The summed E-state index contributed by atoms with van der Waals surface area (Å²) in [6.07, 6.45) is 3.82. The zero-order valence-corrected chi connectivity index (χ0v) is 13.8. The smallest absolute Gasteiger partial charge is 0.294 e. The predicted molar refractivity (Wildman–Crippen MR) is 83.9 cm³/mol. The maximum Gasteiger partial charge on any atom is 0.294 e. The molecule has 1 aromatic rings. The van der Waals surface area contributed by atoms with Gasteiger partial charge in [0.15, 0.2) is 5.78 Å². The highest BCUT2D eigenvalue weighted by atomic mass is 32.2. The van der Waals surface area contributed by atoms with Gasteiger partial charge in [0.1, 0.15) is 0 Å². The molecule has 2 fully saturated rings. The van der Waals surface area contributed by atoms with Gasteiger partial charge in [-0.3, -0.25) is 9.35 Å². The molecule has 0 saturated heterocycles. The molecule has 2 bridgehead atoms. The van der Waals surface area contributed by atoms with Crippen molar-refractivity contribution in [3.63, 3.8) is 0 Å². The Labute approximate surface area is 131 Å². The Morgan fingerprint density at radius 3 is 2.23 bits per heavy atom. The Kier molecular flexibility index (Phi) is 3.17. The van der Waals surface area contributed by atoms with Crippen LogP contribution in [0.2, 0.25) is 0 Å². The molecule has 2 aliphatic carbocycles. The molecule has 4 nitrogen and oxygen atoms in total. The average Bonchev–Trinajstić information content (AvgIpc) is 2.73. The minimum absolute atomic E-state index is 0.0374. The third-order valence-electron chi connectivity index (χ3n) is 5.87. The summed E-state index contributed by atoms with van der Waals surface area (Å²) in [6.45, 7) is 6.37. The van der Waals surface area contributed by atoms with Crippen molar-refractivity contribution in [3.05, 3.63) is 35.4 Å². The molecule has 118 valence electrons. The summed E-state index contributed by atoms with van der Waals surface area (Å²) in [5.41, 5.74) is 1.29. The number of hydrogen-bond acceptors (Lipinski definition) is 3. The highest BCUT2D eigenvalue weighted by Crippen LogP contribution is 2.65. The topological polar surface area (TPSA) is 71.4 Å². The van der Waals surface area contributed by atoms with Gasteiger partial charge < -0.3 is 0 Å². The molecule has 0 aromatic heterocycles. The number of benzene rings is 1. The number of hydrogen-bond donors (Lipinski definition) is 1. The lowest BCUT2D eigenvalue weighted by Crippen LogP contribution is -2.32. The van der Waals surface area contributed by atoms with Crippen molar-refractivity contribution in [1.82, 2.24) is 0 Å². The first-order valence-corrected chi connectivity index (χ1v) is 8.85. The van der Waals surface area contributed by atoms with Crippen LogP contribution in [0.15, 0.2) is 34.7 Å². The third-order valence-corrected chi connectivity index (χ3v) is 6.73. The maximum absolute atomic E-state index is 12.7. The lowest BCUT2D eigenvalue weighted by molar-refractivity contribution is -0.125. The molecule has 5 heteroatoms. The molecule has 0 radical (unpaired) electrons. The normalized spacial score (nSPS) is 31.9. The summed E-state index contributed by atoms with van der Waals surface area (Å²) < 4.78 is 31.1. The van der Waals surface area contributed by atoms with Crippen LogP contribution in [0.4, 0.5) is 0 Å². The molecule has 1 unspecified atom stereocenters. The van der Waals surface area contributed by atoms with E-state index in [1.165, 1.54) is 12.1 Å². The standard InChI is InChI=1S/C17H20O4S/c1-16(2)14-8-9-17(16,3)15(18)13(14)10-11-4-6-12(7-5-11)22(19,20)21/h4-7,10,14H,8-9H2,1-3H3,(H,19,20,21)/b13-10+/t14-,17?/m1/s1. The molecule has 0 heterocycles. The van der Waals surface area contributed by atoms with Gasteiger partial charge in [0, 0.05) is 5.41 Å².